The van der Waals surface area contributed by atoms with Crippen molar-refractivity contribution in [3.63, 3.8) is 0 Å². The van der Waals surface area contributed by atoms with Crippen LogP contribution in [0.25, 0.3) is 10.9 Å². The highest BCUT2D eigenvalue weighted by Gasteiger charge is 2.16. The first-order chi connectivity index (χ1) is 8.67. The number of nitrogens with zero attached hydrogens (tertiary/aromatic N) is 2. The van der Waals surface area contributed by atoms with Gasteiger partial charge < -0.3 is 15.0 Å². The van der Waals surface area contributed by atoms with Gasteiger partial charge in [0.15, 0.2) is 0 Å². The molecule has 104 valence electrons. The molecule has 0 aromatic carbocycles. The third-order valence-corrected chi connectivity index (χ3v) is 3.03. The number of ether oxygens (including phenoxy) is 1. The van der Waals surface area contributed by atoms with Crippen LogP contribution in [-0.4, -0.2) is 28.7 Å². The monoisotopic (exact) mass is 347 g/mol. The van der Waals surface area contributed by atoms with Gasteiger partial charge in [-0.05, 0) is 35.0 Å². The molecule has 0 unspecified atom stereocenters. The van der Waals surface area contributed by atoms with Gasteiger partial charge in [-0.15, -0.1) is 12.4 Å². The molecule has 0 aliphatic carbocycles. The Morgan fingerprint density at radius 1 is 1.53 bits per heavy atom. The number of carbonyl (C=O) groups is 1. The quantitative estimate of drug-likeness (QED) is 0.680. The first-order valence-corrected chi connectivity index (χ1v) is 6.48. The smallest absolute Gasteiger partial charge is 0.354 e. The Morgan fingerprint density at radius 3 is 2.89 bits per heavy atom. The van der Waals surface area contributed by atoms with Gasteiger partial charge in [0.25, 0.3) is 0 Å². The SMILES string of the molecule is CCOC(=O)c1cc2cc(Br)ncc2n1CCN.Cl. The molecule has 0 spiro atoms. The third kappa shape index (κ3) is 3.26. The molecule has 0 amide bonds. The van der Waals surface area contributed by atoms with Crippen LogP contribution in [0.5, 0.6) is 0 Å². The second kappa shape index (κ2) is 6.88. The van der Waals surface area contributed by atoms with E-state index in [-0.39, 0.29) is 18.4 Å². The van der Waals surface area contributed by atoms with Gasteiger partial charge in [-0.25, -0.2) is 9.78 Å². The normalized spacial score (nSPS) is 10.3. The summed E-state index contributed by atoms with van der Waals surface area (Å²) >= 11 is 3.31. The first-order valence-electron chi connectivity index (χ1n) is 5.69. The highest BCUT2D eigenvalue weighted by Crippen LogP contribution is 2.22. The number of hydrogen-bond donors (Lipinski definition) is 1. The highest BCUT2D eigenvalue weighted by atomic mass is 79.9. The molecule has 2 N–H and O–H groups in total. The number of nitrogens with two attached hydrogens (primary N) is 1. The number of esters is 1. The summed E-state index contributed by atoms with van der Waals surface area (Å²) in [4.78, 5) is 16.1. The van der Waals surface area contributed by atoms with E-state index in [9.17, 15) is 4.79 Å². The van der Waals surface area contributed by atoms with Crippen LogP contribution in [-0.2, 0) is 11.3 Å². The van der Waals surface area contributed by atoms with E-state index < -0.39 is 0 Å². The number of fused-ring (bicyclic) bond motifs is 1. The van der Waals surface area contributed by atoms with Gasteiger partial charge in [-0.3, -0.25) is 0 Å². The van der Waals surface area contributed by atoms with Gasteiger partial charge in [-0.1, -0.05) is 0 Å². The lowest BCUT2D eigenvalue weighted by Gasteiger charge is -2.08. The fourth-order valence-corrected chi connectivity index (χ4v) is 2.23. The summed E-state index contributed by atoms with van der Waals surface area (Å²) in [6, 6.07) is 3.67. The Morgan fingerprint density at radius 2 is 2.26 bits per heavy atom. The molecule has 2 aromatic heterocycles. The van der Waals surface area contributed by atoms with E-state index in [2.05, 4.69) is 20.9 Å². The Bertz CT molecular complexity index is 586. The predicted molar refractivity (Wildman–Crippen MR) is 79.7 cm³/mol. The predicted octanol–water partition coefficient (Wildman–Crippen LogP) is 2.36. The Labute approximate surface area is 125 Å². The lowest BCUT2D eigenvalue weighted by atomic mass is 10.3. The maximum absolute atomic E-state index is 11.9. The molecule has 0 atom stereocenters. The molecule has 0 saturated heterocycles. The molecule has 7 heteroatoms. The standard InChI is InChI=1S/C12H14BrN3O2.ClH/c1-2-18-12(17)9-5-8-6-11(13)15-7-10(8)16(9)4-3-14;/h5-7H,2-4,14H2,1H3;1H. The zero-order valence-corrected chi connectivity index (χ0v) is 12.8. The maximum Gasteiger partial charge on any atom is 0.354 e. The fraction of sp³-hybridized carbons (Fsp3) is 0.333. The van der Waals surface area contributed by atoms with Crippen LogP contribution in [0.2, 0.25) is 0 Å². The largest absolute Gasteiger partial charge is 0.461 e. The van der Waals surface area contributed by atoms with Crippen molar-refractivity contribution in [3.8, 4) is 0 Å². The second-order valence-corrected chi connectivity index (χ2v) is 4.57. The van der Waals surface area contributed by atoms with Crippen LogP contribution in [0.15, 0.2) is 22.9 Å². The fourth-order valence-electron chi connectivity index (χ4n) is 1.88. The summed E-state index contributed by atoms with van der Waals surface area (Å²) in [5, 5.41) is 0.938. The molecule has 0 saturated carbocycles. The average molecular weight is 349 g/mol. The molecule has 0 aliphatic rings. The Hall–Kier alpha value is -1.11. The minimum atomic E-state index is -0.335. The summed E-state index contributed by atoms with van der Waals surface area (Å²) in [5.74, 6) is -0.335. The van der Waals surface area contributed by atoms with E-state index >= 15 is 0 Å². The zero-order chi connectivity index (χ0) is 13.1. The topological polar surface area (TPSA) is 70.1 Å². The van der Waals surface area contributed by atoms with E-state index in [1.807, 2.05) is 10.6 Å². The second-order valence-electron chi connectivity index (χ2n) is 3.76. The molecule has 5 nitrogen and oxygen atoms in total. The van der Waals surface area contributed by atoms with Crippen molar-refractivity contribution >= 4 is 45.2 Å². The van der Waals surface area contributed by atoms with Gasteiger partial charge in [0.2, 0.25) is 0 Å². The van der Waals surface area contributed by atoms with E-state index in [0.717, 1.165) is 15.5 Å². The lowest BCUT2D eigenvalue weighted by molar-refractivity contribution is 0.0514. The molecule has 0 aliphatic heterocycles. The lowest BCUT2D eigenvalue weighted by Crippen LogP contribution is -2.16. The molecule has 0 fully saturated rings. The van der Waals surface area contributed by atoms with Gasteiger partial charge in [0.1, 0.15) is 10.3 Å². The average Bonchev–Trinajstić information content (AvgIpc) is 2.68. The van der Waals surface area contributed by atoms with Crippen molar-refractivity contribution in [1.82, 2.24) is 9.55 Å². The van der Waals surface area contributed by atoms with Gasteiger partial charge in [0, 0.05) is 18.5 Å². The number of aromatic nitrogens is 2. The van der Waals surface area contributed by atoms with Crippen LogP contribution >= 0.6 is 28.3 Å². The van der Waals surface area contributed by atoms with Crippen molar-refractivity contribution in [3.05, 3.63) is 28.6 Å². The summed E-state index contributed by atoms with van der Waals surface area (Å²) in [6.07, 6.45) is 1.72. The summed E-state index contributed by atoms with van der Waals surface area (Å²) in [5.41, 5.74) is 6.97. The van der Waals surface area contributed by atoms with E-state index in [1.54, 1.807) is 19.2 Å². The van der Waals surface area contributed by atoms with E-state index in [1.165, 1.54) is 0 Å². The van der Waals surface area contributed by atoms with Crippen LogP contribution in [0.3, 0.4) is 0 Å². The van der Waals surface area contributed by atoms with Gasteiger partial charge in [-0.2, -0.15) is 0 Å². The van der Waals surface area contributed by atoms with Crippen molar-refractivity contribution in [1.29, 1.82) is 0 Å². The summed E-state index contributed by atoms with van der Waals surface area (Å²) < 4.78 is 7.61. The van der Waals surface area contributed by atoms with E-state index in [4.69, 9.17) is 10.5 Å². The first kappa shape index (κ1) is 15.9. The van der Waals surface area contributed by atoms with Crippen molar-refractivity contribution in [2.75, 3.05) is 13.2 Å². The molecule has 0 bridgehead atoms. The van der Waals surface area contributed by atoms with Crippen LogP contribution < -0.4 is 5.73 Å². The molecule has 2 rings (SSSR count). The molecule has 0 radical (unpaired) electrons. The number of pyridine rings is 1. The zero-order valence-electron chi connectivity index (χ0n) is 10.4. The molecule has 2 heterocycles. The number of hydrogen-bond acceptors (Lipinski definition) is 4. The minimum Gasteiger partial charge on any atom is -0.461 e. The van der Waals surface area contributed by atoms with Gasteiger partial charge >= 0.3 is 5.97 Å². The van der Waals surface area contributed by atoms with Crippen molar-refractivity contribution in [2.45, 2.75) is 13.5 Å². The summed E-state index contributed by atoms with van der Waals surface area (Å²) in [7, 11) is 0. The van der Waals surface area contributed by atoms with Crippen molar-refractivity contribution < 1.29 is 9.53 Å². The highest BCUT2D eigenvalue weighted by molar-refractivity contribution is 9.10. The number of carbonyl (C=O) groups excluding carboxylic acids is 1. The Kier molecular flexibility index (Phi) is 5.78. The van der Waals surface area contributed by atoms with E-state index in [0.29, 0.717) is 25.4 Å². The Balaban J connectivity index is 0.00000180. The minimum absolute atomic E-state index is 0. The van der Waals surface area contributed by atoms with Crippen LogP contribution in [0.1, 0.15) is 17.4 Å². The molecule has 2 aromatic rings. The van der Waals surface area contributed by atoms with Crippen LogP contribution in [0, 0.1) is 0 Å². The van der Waals surface area contributed by atoms with Crippen LogP contribution in [0.4, 0.5) is 0 Å². The molecule has 19 heavy (non-hydrogen) atoms. The number of rotatable bonds is 4. The third-order valence-electron chi connectivity index (χ3n) is 2.59. The molecular weight excluding hydrogens is 334 g/mol. The van der Waals surface area contributed by atoms with Crippen molar-refractivity contribution in [2.24, 2.45) is 5.73 Å². The molecular formula is C12H15BrClN3O2. The maximum atomic E-state index is 11.9. The number of halogens is 2. The summed E-state index contributed by atoms with van der Waals surface area (Å²) in [6.45, 7) is 3.14. The van der Waals surface area contributed by atoms with Gasteiger partial charge in [0.05, 0.1) is 18.3 Å².